The summed E-state index contributed by atoms with van der Waals surface area (Å²) in [5.74, 6) is -1.44. The van der Waals surface area contributed by atoms with Gasteiger partial charge in [0.1, 0.15) is 11.4 Å². The van der Waals surface area contributed by atoms with Crippen molar-refractivity contribution in [1.82, 2.24) is 4.72 Å². The maximum atomic E-state index is 13.1. The summed E-state index contributed by atoms with van der Waals surface area (Å²) in [5.41, 5.74) is 4.17. The standard InChI is InChI=1S/C15H14BrFN2O3S/c1-15(14(18)20,10-5-3-2-4-6-10)19-23(21,22)13-8-7-11(17)9-12(13)16/h2-9,19H,1H3,(H2,18,20)/t15-/m0/s1. The summed E-state index contributed by atoms with van der Waals surface area (Å²) in [6.07, 6.45) is 0. The normalized spacial score (nSPS) is 14.2. The molecule has 0 radical (unpaired) electrons. The summed E-state index contributed by atoms with van der Waals surface area (Å²) in [6.45, 7) is 1.37. The molecule has 0 saturated heterocycles. The van der Waals surface area contributed by atoms with E-state index in [0.29, 0.717) is 5.56 Å². The van der Waals surface area contributed by atoms with Gasteiger partial charge in [-0.2, -0.15) is 4.72 Å². The molecule has 0 heterocycles. The molecule has 2 rings (SSSR count). The maximum Gasteiger partial charge on any atom is 0.243 e. The summed E-state index contributed by atoms with van der Waals surface area (Å²) in [5, 5.41) is 0. The predicted molar refractivity (Wildman–Crippen MR) is 87.4 cm³/mol. The fraction of sp³-hybridized carbons (Fsp3) is 0.133. The van der Waals surface area contributed by atoms with Crippen molar-refractivity contribution in [2.75, 3.05) is 0 Å². The van der Waals surface area contributed by atoms with Gasteiger partial charge in [-0.3, -0.25) is 4.79 Å². The lowest BCUT2D eigenvalue weighted by atomic mass is 9.93. The molecule has 23 heavy (non-hydrogen) atoms. The Labute approximate surface area is 141 Å². The molecule has 0 bridgehead atoms. The van der Waals surface area contributed by atoms with E-state index in [1.54, 1.807) is 30.3 Å². The van der Waals surface area contributed by atoms with Crippen molar-refractivity contribution < 1.29 is 17.6 Å². The minimum atomic E-state index is -4.12. The van der Waals surface area contributed by atoms with Crippen molar-refractivity contribution in [1.29, 1.82) is 0 Å². The minimum absolute atomic E-state index is 0.0462. The summed E-state index contributed by atoms with van der Waals surface area (Å²) in [4.78, 5) is 11.7. The Morgan fingerprint density at radius 2 is 1.83 bits per heavy atom. The van der Waals surface area contributed by atoms with E-state index >= 15 is 0 Å². The highest BCUT2D eigenvalue weighted by atomic mass is 79.9. The van der Waals surface area contributed by atoms with Gasteiger partial charge in [-0.25, -0.2) is 12.8 Å². The molecule has 5 nitrogen and oxygen atoms in total. The highest BCUT2D eigenvalue weighted by Crippen LogP contribution is 2.27. The highest BCUT2D eigenvalue weighted by molar-refractivity contribution is 9.10. The van der Waals surface area contributed by atoms with Crippen molar-refractivity contribution in [3.05, 3.63) is 64.4 Å². The van der Waals surface area contributed by atoms with Crippen LogP contribution < -0.4 is 10.5 Å². The Morgan fingerprint density at radius 1 is 1.22 bits per heavy atom. The first-order valence-electron chi connectivity index (χ1n) is 6.51. The number of rotatable bonds is 5. The van der Waals surface area contributed by atoms with Gasteiger partial charge >= 0.3 is 0 Å². The molecule has 8 heteroatoms. The van der Waals surface area contributed by atoms with E-state index in [0.717, 1.165) is 18.2 Å². The van der Waals surface area contributed by atoms with Crippen LogP contribution in [0.4, 0.5) is 4.39 Å². The maximum absolute atomic E-state index is 13.1. The number of hydrogen-bond acceptors (Lipinski definition) is 3. The van der Waals surface area contributed by atoms with Crippen LogP contribution in [0.3, 0.4) is 0 Å². The molecule has 1 amide bonds. The Bertz CT molecular complexity index is 843. The lowest BCUT2D eigenvalue weighted by Gasteiger charge is -2.27. The zero-order valence-corrected chi connectivity index (χ0v) is 14.5. The molecule has 0 aliphatic rings. The SMILES string of the molecule is C[C@@](NS(=O)(=O)c1ccc(F)cc1Br)(C(N)=O)c1ccccc1. The number of halogens is 2. The third-order valence-electron chi connectivity index (χ3n) is 3.37. The van der Waals surface area contributed by atoms with Crippen molar-refractivity contribution >= 4 is 31.9 Å². The van der Waals surface area contributed by atoms with E-state index in [1.807, 2.05) is 0 Å². The number of sulfonamides is 1. The molecule has 0 aliphatic heterocycles. The molecular formula is C15H14BrFN2O3S. The van der Waals surface area contributed by atoms with Gasteiger partial charge in [-0.15, -0.1) is 0 Å². The van der Waals surface area contributed by atoms with Crippen LogP contribution in [0, 0.1) is 5.82 Å². The fourth-order valence-electron chi connectivity index (χ4n) is 2.04. The highest BCUT2D eigenvalue weighted by Gasteiger charge is 2.38. The van der Waals surface area contributed by atoms with E-state index in [4.69, 9.17) is 5.73 Å². The van der Waals surface area contributed by atoms with Gasteiger partial charge in [0.25, 0.3) is 0 Å². The Morgan fingerprint density at radius 3 is 2.35 bits per heavy atom. The molecule has 0 unspecified atom stereocenters. The average molecular weight is 401 g/mol. The molecule has 0 fully saturated rings. The monoisotopic (exact) mass is 400 g/mol. The molecule has 0 aliphatic carbocycles. The molecular weight excluding hydrogens is 387 g/mol. The molecule has 2 aromatic rings. The van der Waals surface area contributed by atoms with E-state index in [1.165, 1.54) is 6.92 Å². The second-order valence-corrected chi connectivity index (χ2v) is 7.54. The van der Waals surface area contributed by atoms with Crippen molar-refractivity contribution in [3.8, 4) is 0 Å². The van der Waals surface area contributed by atoms with Gasteiger partial charge in [0.05, 0.1) is 4.90 Å². The minimum Gasteiger partial charge on any atom is -0.368 e. The van der Waals surface area contributed by atoms with Gasteiger partial charge in [0, 0.05) is 4.47 Å². The van der Waals surface area contributed by atoms with Crippen LogP contribution in [0.5, 0.6) is 0 Å². The lowest BCUT2D eigenvalue weighted by Crippen LogP contribution is -2.52. The number of hydrogen-bond donors (Lipinski definition) is 2. The Kier molecular flexibility index (Phi) is 4.88. The van der Waals surface area contributed by atoms with E-state index < -0.39 is 27.3 Å². The van der Waals surface area contributed by atoms with Crippen molar-refractivity contribution in [2.45, 2.75) is 17.4 Å². The molecule has 0 spiro atoms. The van der Waals surface area contributed by atoms with E-state index in [2.05, 4.69) is 20.7 Å². The second-order valence-electron chi connectivity index (χ2n) is 5.04. The van der Waals surface area contributed by atoms with Crippen LogP contribution in [-0.4, -0.2) is 14.3 Å². The van der Waals surface area contributed by atoms with E-state index in [-0.39, 0.29) is 9.37 Å². The van der Waals surface area contributed by atoms with Crippen LogP contribution in [0.25, 0.3) is 0 Å². The van der Waals surface area contributed by atoms with Crippen LogP contribution in [0.2, 0.25) is 0 Å². The quantitative estimate of drug-likeness (QED) is 0.806. The van der Waals surface area contributed by atoms with Gasteiger partial charge in [0.2, 0.25) is 15.9 Å². The van der Waals surface area contributed by atoms with Crippen molar-refractivity contribution in [2.24, 2.45) is 5.73 Å². The van der Waals surface area contributed by atoms with Gasteiger partial charge in [0.15, 0.2) is 0 Å². The van der Waals surface area contributed by atoms with E-state index in [9.17, 15) is 17.6 Å². The van der Waals surface area contributed by atoms with Crippen molar-refractivity contribution in [3.63, 3.8) is 0 Å². The third kappa shape index (κ3) is 3.60. The first-order valence-corrected chi connectivity index (χ1v) is 8.79. The number of nitrogens with two attached hydrogens (primary N) is 1. The van der Waals surface area contributed by atoms with Crippen LogP contribution >= 0.6 is 15.9 Å². The summed E-state index contributed by atoms with van der Waals surface area (Å²) >= 11 is 3.01. The molecule has 0 aromatic heterocycles. The third-order valence-corrected chi connectivity index (χ3v) is 5.90. The summed E-state index contributed by atoms with van der Waals surface area (Å²) in [7, 11) is -4.12. The molecule has 2 aromatic carbocycles. The number of benzene rings is 2. The molecule has 0 saturated carbocycles. The summed E-state index contributed by atoms with van der Waals surface area (Å²) < 4.78 is 40.7. The van der Waals surface area contributed by atoms with Crippen LogP contribution in [0.1, 0.15) is 12.5 Å². The first kappa shape index (κ1) is 17.6. The number of nitrogens with one attached hydrogen (secondary N) is 1. The Balaban J connectivity index is 2.50. The number of carbonyl (C=O) groups excluding carboxylic acids is 1. The zero-order valence-electron chi connectivity index (χ0n) is 12.1. The number of amides is 1. The molecule has 1 atom stereocenters. The zero-order chi connectivity index (χ0) is 17.3. The largest absolute Gasteiger partial charge is 0.368 e. The second kappa shape index (κ2) is 6.38. The average Bonchev–Trinajstić information content (AvgIpc) is 2.47. The molecule has 122 valence electrons. The summed E-state index contributed by atoms with van der Waals surface area (Å²) in [6, 6.07) is 11.4. The number of carbonyl (C=O) groups is 1. The lowest BCUT2D eigenvalue weighted by molar-refractivity contribution is -0.123. The predicted octanol–water partition coefficient (Wildman–Crippen LogP) is 2.27. The van der Waals surface area contributed by atoms with Gasteiger partial charge in [-0.05, 0) is 46.6 Å². The number of primary amides is 1. The first-order chi connectivity index (χ1) is 10.7. The smallest absolute Gasteiger partial charge is 0.243 e. The Hall–Kier alpha value is -1.77. The molecule has 3 N–H and O–H groups in total. The van der Waals surface area contributed by atoms with Crippen LogP contribution in [0.15, 0.2) is 57.9 Å². The van der Waals surface area contributed by atoms with Gasteiger partial charge < -0.3 is 5.73 Å². The topological polar surface area (TPSA) is 89.3 Å². The van der Waals surface area contributed by atoms with Crippen LogP contribution in [-0.2, 0) is 20.4 Å². The van der Waals surface area contributed by atoms with Gasteiger partial charge in [-0.1, -0.05) is 30.3 Å². The fourth-order valence-corrected chi connectivity index (χ4v) is 4.46.